The number of nitrogens with zero attached hydrogens (tertiary/aromatic N) is 4. The molecule has 5 nitrogen and oxygen atoms in total. The molecule has 7 heteroatoms. The molecular weight excluding hydrogens is 251 g/mol. The standard InChI is InChI=1S/C9H12Cl2N4O/c1-5-4-15(3-2-6(5)16)9-13-7(10)12-8(11)14-9/h5-6,16H,2-4H2,1H3. The van der Waals surface area contributed by atoms with E-state index in [1.165, 1.54) is 0 Å². The average Bonchev–Trinajstić information content (AvgIpc) is 2.20. The molecule has 2 heterocycles. The van der Waals surface area contributed by atoms with Crippen molar-refractivity contribution in [1.29, 1.82) is 0 Å². The normalized spacial score (nSPS) is 25.9. The highest BCUT2D eigenvalue weighted by molar-refractivity contribution is 6.31. The lowest BCUT2D eigenvalue weighted by molar-refractivity contribution is 0.0966. The minimum absolute atomic E-state index is 0.0915. The van der Waals surface area contributed by atoms with Crippen molar-refractivity contribution in [2.24, 2.45) is 5.92 Å². The van der Waals surface area contributed by atoms with Crippen molar-refractivity contribution in [3.63, 3.8) is 0 Å². The maximum absolute atomic E-state index is 9.62. The number of aliphatic hydroxyl groups is 1. The van der Waals surface area contributed by atoms with E-state index in [1.807, 2.05) is 11.8 Å². The first kappa shape index (κ1) is 11.8. The number of hydrogen-bond acceptors (Lipinski definition) is 5. The molecule has 0 bridgehead atoms. The van der Waals surface area contributed by atoms with Crippen LogP contribution in [0.2, 0.25) is 10.6 Å². The van der Waals surface area contributed by atoms with Gasteiger partial charge in [-0.3, -0.25) is 0 Å². The summed E-state index contributed by atoms with van der Waals surface area (Å²) in [6.45, 7) is 3.38. The molecule has 2 rings (SSSR count). The molecule has 0 aliphatic carbocycles. The van der Waals surface area contributed by atoms with Crippen molar-refractivity contribution in [3.05, 3.63) is 10.6 Å². The molecule has 16 heavy (non-hydrogen) atoms. The summed E-state index contributed by atoms with van der Waals surface area (Å²) in [6.07, 6.45) is 0.436. The maximum atomic E-state index is 9.62. The van der Waals surface area contributed by atoms with Gasteiger partial charge in [0, 0.05) is 13.1 Å². The predicted octanol–water partition coefficient (Wildman–Crippen LogP) is 1.39. The summed E-state index contributed by atoms with van der Waals surface area (Å²) in [4.78, 5) is 13.7. The Hall–Kier alpha value is -0.650. The molecule has 0 saturated carbocycles. The quantitative estimate of drug-likeness (QED) is 0.829. The lowest BCUT2D eigenvalue weighted by Gasteiger charge is -2.34. The Bertz CT molecular complexity index is 370. The van der Waals surface area contributed by atoms with Crippen LogP contribution in [-0.4, -0.2) is 39.3 Å². The second-order valence-electron chi connectivity index (χ2n) is 3.95. The molecule has 1 aliphatic heterocycles. The number of rotatable bonds is 1. The van der Waals surface area contributed by atoms with Gasteiger partial charge in [0.15, 0.2) is 0 Å². The van der Waals surface area contributed by atoms with Gasteiger partial charge >= 0.3 is 0 Å². The first-order valence-corrected chi connectivity index (χ1v) is 5.82. The van der Waals surface area contributed by atoms with Crippen LogP contribution in [0.5, 0.6) is 0 Å². The predicted molar refractivity (Wildman–Crippen MR) is 61.8 cm³/mol. The molecule has 1 fully saturated rings. The summed E-state index contributed by atoms with van der Waals surface area (Å²) in [5.41, 5.74) is 0. The van der Waals surface area contributed by atoms with Gasteiger partial charge in [-0.05, 0) is 35.5 Å². The first-order chi connectivity index (χ1) is 7.56. The van der Waals surface area contributed by atoms with E-state index in [0.29, 0.717) is 25.5 Å². The van der Waals surface area contributed by atoms with E-state index in [0.717, 1.165) is 0 Å². The van der Waals surface area contributed by atoms with E-state index in [-0.39, 0.29) is 22.6 Å². The number of piperidine rings is 1. The summed E-state index contributed by atoms with van der Waals surface area (Å²) in [5, 5.41) is 9.80. The Labute approximate surface area is 103 Å². The molecule has 88 valence electrons. The number of anilines is 1. The minimum Gasteiger partial charge on any atom is -0.393 e. The van der Waals surface area contributed by atoms with Gasteiger partial charge in [-0.1, -0.05) is 6.92 Å². The van der Waals surface area contributed by atoms with Gasteiger partial charge in [0.1, 0.15) is 0 Å². The molecule has 2 atom stereocenters. The number of aromatic nitrogens is 3. The van der Waals surface area contributed by atoms with E-state index < -0.39 is 0 Å². The van der Waals surface area contributed by atoms with E-state index in [2.05, 4.69) is 15.0 Å². The van der Waals surface area contributed by atoms with Crippen LogP contribution < -0.4 is 4.90 Å². The van der Waals surface area contributed by atoms with Crippen molar-refractivity contribution in [1.82, 2.24) is 15.0 Å². The Morgan fingerprint density at radius 2 is 1.88 bits per heavy atom. The summed E-state index contributed by atoms with van der Waals surface area (Å²) in [6, 6.07) is 0. The Balaban J connectivity index is 2.18. The molecule has 1 saturated heterocycles. The Morgan fingerprint density at radius 3 is 2.44 bits per heavy atom. The van der Waals surface area contributed by atoms with Gasteiger partial charge in [0.05, 0.1) is 6.10 Å². The number of aliphatic hydroxyl groups excluding tert-OH is 1. The van der Waals surface area contributed by atoms with Crippen LogP contribution in [0.3, 0.4) is 0 Å². The van der Waals surface area contributed by atoms with Crippen LogP contribution in [0.15, 0.2) is 0 Å². The third-order valence-corrected chi connectivity index (χ3v) is 3.05. The van der Waals surface area contributed by atoms with Crippen molar-refractivity contribution in [3.8, 4) is 0 Å². The summed E-state index contributed by atoms with van der Waals surface area (Å²) in [7, 11) is 0. The van der Waals surface area contributed by atoms with Gasteiger partial charge < -0.3 is 10.0 Å². The molecule has 0 spiro atoms. The zero-order chi connectivity index (χ0) is 11.7. The summed E-state index contributed by atoms with van der Waals surface area (Å²) in [5.74, 6) is 0.659. The molecule has 0 radical (unpaired) electrons. The van der Waals surface area contributed by atoms with E-state index in [9.17, 15) is 5.11 Å². The highest BCUT2D eigenvalue weighted by Gasteiger charge is 2.26. The molecule has 2 unspecified atom stereocenters. The molecule has 0 aromatic carbocycles. The second-order valence-corrected chi connectivity index (χ2v) is 4.63. The van der Waals surface area contributed by atoms with Gasteiger partial charge in [-0.15, -0.1) is 0 Å². The summed E-state index contributed by atoms with van der Waals surface area (Å²) < 4.78 is 0. The maximum Gasteiger partial charge on any atom is 0.230 e. The molecule has 0 amide bonds. The molecule has 1 aliphatic rings. The third kappa shape index (κ3) is 2.53. The van der Waals surface area contributed by atoms with Crippen LogP contribution in [0.25, 0.3) is 0 Å². The van der Waals surface area contributed by atoms with Gasteiger partial charge in [-0.2, -0.15) is 15.0 Å². The van der Waals surface area contributed by atoms with Crippen molar-refractivity contribution >= 4 is 29.2 Å². The fourth-order valence-corrected chi connectivity index (χ4v) is 2.13. The highest BCUT2D eigenvalue weighted by atomic mass is 35.5. The number of hydrogen-bond donors (Lipinski definition) is 1. The zero-order valence-corrected chi connectivity index (χ0v) is 10.3. The highest BCUT2D eigenvalue weighted by Crippen LogP contribution is 2.21. The molecule has 1 N–H and O–H groups in total. The average molecular weight is 263 g/mol. The largest absolute Gasteiger partial charge is 0.393 e. The second kappa shape index (κ2) is 4.69. The summed E-state index contributed by atoms with van der Waals surface area (Å²) >= 11 is 11.4. The topological polar surface area (TPSA) is 62.1 Å². The molecule has 1 aromatic heterocycles. The van der Waals surface area contributed by atoms with E-state index in [1.54, 1.807) is 0 Å². The van der Waals surface area contributed by atoms with Crippen LogP contribution in [0.4, 0.5) is 5.95 Å². The molecule has 1 aromatic rings. The molecular formula is C9H12Cl2N4O. The van der Waals surface area contributed by atoms with Crippen LogP contribution in [0, 0.1) is 5.92 Å². The monoisotopic (exact) mass is 262 g/mol. The van der Waals surface area contributed by atoms with Crippen molar-refractivity contribution < 1.29 is 5.11 Å². The Morgan fingerprint density at radius 1 is 1.25 bits per heavy atom. The van der Waals surface area contributed by atoms with E-state index >= 15 is 0 Å². The first-order valence-electron chi connectivity index (χ1n) is 5.06. The lowest BCUT2D eigenvalue weighted by Crippen LogP contribution is -2.42. The SMILES string of the molecule is CC1CN(c2nc(Cl)nc(Cl)n2)CCC1O. The smallest absolute Gasteiger partial charge is 0.230 e. The fraction of sp³-hybridized carbons (Fsp3) is 0.667. The lowest BCUT2D eigenvalue weighted by atomic mass is 9.97. The van der Waals surface area contributed by atoms with Gasteiger partial charge in [0.25, 0.3) is 0 Å². The van der Waals surface area contributed by atoms with E-state index in [4.69, 9.17) is 23.2 Å². The van der Waals surface area contributed by atoms with Crippen LogP contribution >= 0.6 is 23.2 Å². The zero-order valence-electron chi connectivity index (χ0n) is 8.77. The minimum atomic E-state index is -0.260. The van der Waals surface area contributed by atoms with Crippen molar-refractivity contribution in [2.45, 2.75) is 19.4 Å². The third-order valence-electron chi connectivity index (χ3n) is 2.71. The number of halogens is 2. The Kier molecular flexibility index (Phi) is 3.47. The van der Waals surface area contributed by atoms with Crippen LogP contribution in [0.1, 0.15) is 13.3 Å². The van der Waals surface area contributed by atoms with Crippen molar-refractivity contribution in [2.75, 3.05) is 18.0 Å². The van der Waals surface area contributed by atoms with Gasteiger partial charge in [0.2, 0.25) is 16.5 Å². The van der Waals surface area contributed by atoms with Crippen LogP contribution in [-0.2, 0) is 0 Å². The van der Waals surface area contributed by atoms with Gasteiger partial charge in [-0.25, -0.2) is 0 Å². The fourth-order valence-electron chi connectivity index (χ4n) is 1.77.